The van der Waals surface area contributed by atoms with E-state index >= 15 is 0 Å². The first-order valence-corrected chi connectivity index (χ1v) is 5.56. The molecule has 0 radical (unpaired) electrons. The van der Waals surface area contributed by atoms with Crippen LogP contribution in [0.4, 0.5) is 0 Å². The lowest BCUT2D eigenvalue weighted by Gasteiger charge is -2.33. The predicted octanol–water partition coefficient (Wildman–Crippen LogP) is -0.858. The maximum absolute atomic E-state index is 11.1. The lowest BCUT2D eigenvalue weighted by atomic mass is 10.3. The Bertz CT molecular complexity index is 178. The number of nitrogens with one attached hydrogen (secondary N) is 1. The molecular formula is C8H16N2O2S. The largest absolute Gasteiger partial charge is 0.395 e. The van der Waals surface area contributed by atoms with Crippen molar-refractivity contribution in [2.75, 3.05) is 38.2 Å². The number of carbonyl (C=O) groups excluding carboxylic acids is 1. The van der Waals surface area contributed by atoms with Gasteiger partial charge in [-0.1, -0.05) is 0 Å². The van der Waals surface area contributed by atoms with Gasteiger partial charge in [0.1, 0.15) is 0 Å². The van der Waals surface area contributed by atoms with Crippen LogP contribution in [-0.2, 0) is 4.79 Å². The quantitative estimate of drug-likeness (QED) is 0.628. The van der Waals surface area contributed by atoms with E-state index in [0.29, 0.717) is 6.54 Å². The number of nitrogens with zero attached hydrogens (tertiary/aromatic N) is 1. The van der Waals surface area contributed by atoms with Crippen molar-refractivity contribution in [1.29, 1.82) is 0 Å². The van der Waals surface area contributed by atoms with Gasteiger partial charge in [-0.15, -0.1) is 0 Å². The molecule has 1 rings (SSSR count). The minimum absolute atomic E-state index is 0.0188. The van der Waals surface area contributed by atoms with Gasteiger partial charge >= 0.3 is 0 Å². The first kappa shape index (κ1) is 10.8. The highest BCUT2D eigenvalue weighted by molar-refractivity contribution is 7.99. The topological polar surface area (TPSA) is 52.6 Å². The number of carbonyl (C=O) groups is 1. The molecule has 0 aromatic rings. The highest BCUT2D eigenvalue weighted by Gasteiger charge is 2.23. The molecule has 1 atom stereocenters. The zero-order chi connectivity index (χ0) is 9.68. The fraction of sp³-hybridized carbons (Fsp3) is 0.875. The van der Waals surface area contributed by atoms with Gasteiger partial charge in [0.15, 0.2) is 0 Å². The molecule has 1 aliphatic heterocycles. The van der Waals surface area contributed by atoms with Crippen molar-refractivity contribution in [2.45, 2.75) is 6.04 Å². The molecule has 4 nitrogen and oxygen atoms in total. The SMILES string of the molecule is CNC(=O)CN1CCSCC1CO. The van der Waals surface area contributed by atoms with Crippen molar-refractivity contribution in [2.24, 2.45) is 0 Å². The van der Waals surface area contributed by atoms with E-state index in [4.69, 9.17) is 5.11 Å². The molecule has 0 spiro atoms. The summed E-state index contributed by atoms with van der Waals surface area (Å²) < 4.78 is 0. The minimum atomic E-state index is 0.0188. The van der Waals surface area contributed by atoms with Crippen LogP contribution in [0.3, 0.4) is 0 Å². The summed E-state index contributed by atoms with van der Waals surface area (Å²) in [6, 6.07) is 0.149. The third-order valence-corrected chi connectivity index (χ3v) is 3.28. The highest BCUT2D eigenvalue weighted by atomic mass is 32.2. The number of rotatable bonds is 3. The summed E-state index contributed by atoms with van der Waals surface area (Å²) in [6.07, 6.45) is 0. The third kappa shape index (κ3) is 3.17. The Morgan fingerprint density at radius 3 is 3.15 bits per heavy atom. The molecule has 0 aromatic carbocycles. The minimum Gasteiger partial charge on any atom is -0.395 e. The molecule has 0 aromatic heterocycles. The maximum Gasteiger partial charge on any atom is 0.233 e. The van der Waals surface area contributed by atoms with Gasteiger partial charge in [-0.2, -0.15) is 11.8 Å². The van der Waals surface area contributed by atoms with Crippen LogP contribution in [0.15, 0.2) is 0 Å². The number of aliphatic hydroxyl groups is 1. The van der Waals surface area contributed by atoms with Crippen LogP contribution in [0.25, 0.3) is 0 Å². The molecule has 76 valence electrons. The maximum atomic E-state index is 11.1. The Hall–Kier alpha value is -0.260. The molecule has 0 saturated carbocycles. The summed E-state index contributed by atoms with van der Waals surface area (Å²) in [5.41, 5.74) is 0. The lowest BCUT2D eigenvalue weighted by molar-refractivity contribution is -0.122. The van der Waals surface area contributed by atoms with Crippen LogP contribution in [0.5, 0.6) is 0 Å². The zero-order valence-corrected chi connectivity index (χ0v) is 8.64. The second-order valence-corrected chi connectivity index (χ2v) is 4.20. The van der Waals surface area contributed by atoms with Crippen LogP contribution in [-0.4, -0.2) is 60.2 Å². The molecule has 1 fully saturated rings. The van der Waals surface area contributed by atoms with E-state index < -0.39 is 0 Å². The Balaban J connectivity index is 2.40. The van der Waals surface area contributed by atoms with Crippen LogP contribution in [0, 0.1) is 0 Å². The van der Waals surface area contributed by atoms with Gasteiger partial charge < -0.3 is 10.4 Å². The average molecular weight is 204 g/mol. The summed E-state index contributed by atoms with van der Waals surface area (Å²) in [7, 11) is 1.63. The van der Waals surface area contributed by atoms with E-state index in [0.717, 1.165) is 18.1 Å². The number of amides is 1. The van der Waals surface area contributed by atoms with E-state index in [1.165, 1.54) is 0 Å². The Kier molecular flexibility index (Phi) is 4.55. The van der Waals surface area contributed by atoms with Gasteiger partial charge in [0.05, 0.1) is 13.2 Å². The monoisotopic (exact) mass is 204 g/mol. The van der Waals surface area contributed by atoms with Crippen molar-refractivity contribution >= 4 is 17.7 Å². The van der Waals surface area contributed by atoms with E-state index in [1.54, 1.807) is 7.05 Å². The summed E-state index contributed by atoms with van der Waals surface area (Å²) in [5, 5.41) is 11.6. The van der Waals surface area contributed by atoms with Crippen molar-refractivity contribution in [3.05, 3.63) is 0 Å². The van der Waals surface area contributed by atoms with Crippen molar-refractivity contribution in [3.8, 4) is 0 Å². The van der Waals surface area contributed by atoms with Gasteiger partial charge in [0.2, 0.25) is 5.91 Å². The first-order chi connectivity index (χ1) is 6.27. The molecule has 1 unspecified atom stereocenters. The van der Waals surface area contributed by atoms with Crippen LogP contribution >= 0.6 is 11.8 Å². The summed E-state index contributed by atoms with van der Waals surface area (Å²) >= 11 is 1.83. The number of hydrogen-bond acceptors (Lipinski definition) is 4. The summed E-state index contributed by atoms with van der Waals surface area (Å²) in [6.45, 7) is 1.44. The second kappa shape index (κ2) is 5.47. The molecule has 13 heavy (non-hydrogen) atoms. The smallest absolute Gasteiger partial charge is 0.233 e. The van der Waals surface area contributed by atoms with Gasteiger partial charge in [-0.3, -0.25) is 9.69 Å². The van der Waals surface area contributed by atoms with E-state index in [2.05, 4.69) is 5.32 Å². The number of likely N-dealkylation sites (N-methyl/N-ethyl adjacent to an activating group) is 1. The lowest BCUT2D eigenvalue weighted by Crippen LogP contribution is -2.48. The molecule has 1 amide bonds. The number of hydrogen-bond donors (Lipinski definition) is 2. The Morgan fingerprint density at radius 2 is 2.54 bits per heavy atom. The van der Waals surface area contributed by atoms with Gasteiger partial charge in [-0.05, 0) is 0 Å². The molecule has 0 bridgehead atoms. The van der Waals surface area contributed by atoms with E-state index in [1.807, 2.05) is 16.7 Å². The first-order valence-electron chi connectivity index (χ1n) is 4.41. The third-order valence-electron chi connectivity index (χ3n) is 2.19. The molecule has 1 aliphatic rings. The second-order valence-electron chi connectivity index (χ2n) is 3.05. The molecule has 0 aliphatic carbocycles. The molecule has 1 heterocycles. The van der Waals surface area contributed by atoms with Gasteiger partial charge in [0.25, 0.3) is 0 Å². The Morgan fingerprint density at radius 1 is 1.77 bits per heavy atom. The van der Waals surface area contributed by atoms with Crippen molar-refractivity contribution < 1.29 is 9.90 Å². The zero-order valence-electron chi connectivity index (χ0n) is 7.82. The molecular weight excluding hydrogens is 188 g/mol. The summed E-state index contributed by atoms with van der Waals surface area (Å²) in [4.78, 5) is 13.1. The van der Waals surface area contributed by atoms with Crippen LogP contribution < -0.4 is 5.32 Å². The normalized spacial score (nSPS) is 24.3. The fourth-order valence-electron chi connectivity index (χ4n) is 1.33. The van der Waals surface area contributed by atoms with Crippen molar-refractivity contribution in [1.82, 2.24) is 10.2 Å². The van der Waals surface area contributed by atoms with E-state index in [-0.39, 0.29) is 18.6 Å². The molecule has 1 saturated heterocycles. The average Bonchev–Trinajstić information content (AvgIpc) is 2.18. The predicted molar refractivity (Wildman–Crippen MR) is 53.8 cm³/mol. The van der Waals surface area contributed by atoms with Gasteiger partial charge in [0, 0.05) is 31.1 Å². The van der Waals surface area contributed by atoms with E-state index in [9.17, 15) is 4.79 Å². The van der Waals surface area contributed by atoms with Gasteiger partial charge in [-0.25, -0.2) is 0 Å². The number of thioether (sulfide) groups is 1. The number of aliphatic hydroxyl groups excluding tert-OH is 1. The molecule has 5 heteroatoms. The fourth-order valence-corrected chi connectivity index (χ4v) is 2.45. The Labute approximate surface area is 82.7 Å². The summed E-state index contributed by atoms with van der Waals surface area (Å²) in [5.74, 6) is 1.99. The standard InChI is InChI=1S/C8H16N2O2S/c1-9-8(12)4-10-2-3-13-6-7(10)5-11/h7,11H,2-6H2,1H3,(H,9,12). The highest BCUT2D eigenvalue weighted by Crippen LogP contribution is 2.15. The van der Waals surface area contributed by atoms with Crippen LogP contribution in [0.2, 0.25) is 0 Å². The van der Waals surface area contributed by atoms with Crippen LogP contribution in [0.1, 0.15) is 0 Å². The molecule has 2 N–H and O–H groups in total. The van der Waals surface area contributed by atoms with Crippen molar-refractivity contribution in [3.63, 3.8) is 0 Å².